The van der Waals surface area contributed by atoms with Crippen molar-refractivity contribution in [1.29, 1.82) is 0 Å². The number of nitrogen functional groups attached to an aromatic ring is 1. The van der Waals surface area contributed by atoms with Crippen LogP contribution in [-0.2, 0) is 4.74 Å². The molecule has 3 N–H and O–H groups in total. The van der Waals surface area contributed by atoms with E-state index < -0.39 is 0 Å². The summed E-state index contributed by atoms with van der Waals surface area (Å²) in [6.07, 6.45) is 0. The summed E-state index contributed by atoms with van der Waals surface area (Å²) in [5.41, 5.74) is 7.80. The summed E-state index contributed by atoms with van der Waals surface area (Å²) >= 11 is 0. The minimum Gasteiger partial charge on any atom is -0.398 e. The van der Waals surface area contributed by atoms with Crippen LogP contribution in [0.25, 0.3) is 0 Å². The van der Waals surface area contributed by atoms with E-state index in [1.807, 2.05) is 13.8 Å². The van der Waals surface area contributed by atoms with E-state index in [-0.39, 0.29) is 11.9 Å². The summed E-state index contributed by atoms with van der Waals surface area (Å²) in [7, 11) is 1.61. The van der Waals surface area contributed by atoms with Crippen LogP contribution in [0, 0.1) is 6.92 Å². The smallest absolute Gasteiger partial charge is 0.251 e. The van der Waals surface area contributed by atoms with E-state index in [1.165, 1.54) is 0 Å². The van der Waals surface area contributed by atoms with Gasteiger partial charge in [0.15, 0.2) is 0 Å². The molecule has 0 saturated heterocycles. The Hall–Kier alpha value is -1.55. The molecule has 0 heterocycles. The van der Waals surface area contributed by atoms with E-state index in [0.717, 1.165) is 5.56 Å². The standard InChI is InChI=1S/C12H18N2O2/c1-8(7-16-3)14-12(15)10-5-4-6-11(13)9(10)2/h4-6,8H,7,13H2,1-3H3,(H,14,15). The van der Waals surface area contributed by atoms with Gasteiger partial charge in [-0.05, 0) is 31.5 Å². The van der Waals surface area contributed by atoms with E-state index in [9.17, 15) is 4.79 Å². The fraction of sp³-hybridized carbons (Fsp3) is 0.417. The molecule has 1 atom stereocenters. The minimum absolute atomic E-state index is 0.0154. The molecule has 0 aliphatic rings. The minimum atomic E-state index is -0.116. The Kier molecular flexibility index (Phi) is 4.31. The zero-order valence-electron chi connectivity index (χ0n) is 9.91. The first-order valence-electron chi connectivity index (χ1n) is 5.21. The molecule has 0 aromatic heterocycles. The zero-order valence-corrected chi connectivity index (χ0v) is 9.91. The highest BCUT2D eigenvalue weighted by atomic mass is 16.5. The van der Waals surface area contributed by atoms with Gasteiger partial charge in [-0.15, -0.1) is 0 Å². The van der Waals surface area contributed by atoms with Crippen molar-refractivity contribution in [2.45, 2.75) is 19.9 Å². The monoisotopic (exact) mass is 222 g/mol. The summed E-state index contributed by atoms with van der Waals surface area (Å²) in [6, 6.07) is 5.31. The van der Waals surface area contributed by atoms with Gasteiger partial charge >= 0.3 is 0 Å². The third-order valence-corrected chi connectivity index (χ3v) is 2.41. The number of hydrogen-bond acceptors (Lipinski definition) is 3. The van der Waals surface area contributed by atoms with Crippen LogP contribution in [0.5, 0.6) is 0 Å². The molecule has 0 fully saturated rings. The predicted octanol–water partition coefficient (Wildman–Crippen LogP) is 1.34. The van der Waals surface area contributed by atoms with Crippen LogP contribution in [0.2, 0.25) is 0 Å². The van der Waals surface area contributed by atoms with Crippen molar-refractivity contribution in [1.82, 2.24) is 5.32 Å². The summed E-state index contributed by atoms with van der Waals surface area (Å²) in [5, 5.41) is 2.85. The molecule has 0 saturated carbocycles. The van der Waals surface area contributed by atoms with Crippen LogP contribution in [0.4, 0.5) is 5.69 Å². The number of amides is 1. The van der Waals surface area contributed by atoms with E-state index in [2.05, 4.69) is 5.32 Å². The molecule has 4 nitrogen and oxygen atoms in total. The summed E-state index contributed by atoms with van der Waals surface area (Å²) in [6.45, 7) is 4.22. The first kappa shape index (κ1) is 12.5. The number of benzene rings is 1. The van der Waals surface area contributed by atoms with Crippen molar-refractivity contribution in [3.05, 3.63) is 29.3 Å². The Morgan fingerprint density at radius 3 is 2.88 bits per heavy atom. The van der Waals surface area contributed by atoms with Gasteiger partial charge in [-0.2, -0.15) is 0 Å². The number of carbonyl (C=O) groups is 1. The SMILES string of the molecule is COCC(C)NC(=O)c1cccc(N)c1C. The number of rotatable bonds is 4. The normalized spacial score (nSPS) is 12.2. The molecule has 0 bridgehead atoms. The maximum absolute atomic E-state index is 11.9. The van der Waals surface area contributed by atoms with Crippen LogP contribution in [0.15, 0.2) is 18.2 Å². The molecule has 0 aliphatic heterocycles. The maximum atomic E-state index is 11.9. The molecule has 1 amide bonds. The Morgan fingerprint density at radius 1 is 1.56 bits per heavy atom. The molecule has 1 unspecified atom stereocenters. The van der Waals surface area contributed by atoms with Gasteiger partial charge in [0.2, 0.25) is 0 Å². The summed E-state index contributed by atoms with van der Waals surface area (Å²) in [5.74, 6) is -0.116. The lowest BCUT2D eigenvalue weighted by molar-refractivity contribution is 0.0905. The topological polar surface area (TPSA) is 64.3 Å². The first-order chi connectivity index (χ1) is 7.56. The summed E-state index contributed by atoms with van der Waals surface area (Å²) in [4.78, 5) is 11.9. The fourth-order valence-corrected chi connectivity index (χ4v) is 1.49. The second-order valence-corrected chi connectivity index (χ2v) is 3.85. The van der Waals surface area contributed by atoms with Crippen molar-refractivity contribution in [3.63, 3.8) is 0 Å². The van der Waals surface area contributed by atoms with Crippen LogP contribution in [0.1, 0.15) is 22.8 Å². The lowest BCUT2D eigenvalue weighted by Gasteiger charge is -2.14. The van der Waals surface area contributed by atoms with Crippen molar-refractivity contribution in [2.24, 2.45) is 0 Å². The number of hydrogen-bond donors (Lipinski definition) is 2. The van der Waals surface area contributed by atoms with Crippen molar-refractivity contribution < 1.29 is 9.53 Å². The van der Waals surface area contributed by atoms with E-state index >= 15 is 0 Å². The molecular weight excluding hydrogens is 204 g/mol. The number of methoxy groups -OCH3 is 1. The fourth-order valence-electron chi connectivity index (χ4n) is 1.49. The van der Waals surface area contributed by atoms with Gasteiger partial charge in [-0.3, -0.25) is 4.79 Å². The molecule has 4 heteroatoms. The van der Waals surface area contributed by atoms with Gasteiger partial charge in [0.1, 0.15) is 0 Å². The van der Waals surface area contributed by atoms with Crippen LogP contribution >= 0.6 is 0 Å². The number of carbonyl (C=O) groups excluding carboxylic acids is 1. The highest BCUT2D eigenvalue weighted by Crippen LogP contribution is 2.15. The number of anilines is 1. The lowest BCUT2D eigenvalue weighted by atomic mass is 10.1. The molecule has 1 aromatic carbocycles. The van der Waals surface area contributed by atoms with Gasteiger partial charge < -0.3 is 15.8 Å². The zero-order chi connectivity index (χ0) is 12.1. The van der Waals surface area contributed by atoms with E-state index in [1.54, 1.807) is 25.3 Å². The summed E-state index contributed by atoms with van der Waals surface area (Å²) < 4.78 is 4.95. The highest BCUT2D eigenvalue weighted by molar-refractivity contribution is 5.97. The highest BCUT2D eigenvalue weighted by Gasteiger charge is 2.12. The van der Waals surface area contributed by atoms with Crippen molar-refractivity contribution >= 4 is 11.6 Å². The van der Waals surface area contributed by atoms with Crippen LogP contribution in [-0.4, -0.2) is 25.7 Å². The second kappa shape index (κ2) is 5.51. The molecule has 16 heavy (non-hydrogen) atoms. The molecule has 0 radical (unpaired) electrons. The third-order valence-electron chi connectivity index (χ3n) is 2.41. The Bertz CT molecular complexity index is 377. The molecule has 0 spiro atoms. The van der Waals surface area contributed by atoms with Gasteiger partial charge in [0.25, 0.3) is 5.91 Å². The van der Waals surface area contributed by atoms with Gasteiger partial charge in [0, 0.05) is 24.4 Å². The second-order valence-electron chi connectivity index (χ2n) is 3.85. The van der Waals surface area contributed by atoms with E-state index in [0.29, 0.717) is 17.9 Å². The Balaban J connectivity index is 2.77. The number of nitrogens with two attached hydrogens (primary N) is 1. The van der Waals surface area contributed by atoms with Crippen LogP contribution < -0.4 is 11.1 Å². The van der Waals surface area contributed by atoms with E-state index in [4.69, 9.17) is 10.5 Å². The van der Waals surface area contributed by atoms with Gasteiger partial charge in [0.05, 0.1) is 6.61 Å². The van der Waals surface area contributed by atoms with Crippen LogP contribution in [0.3, 0.4) is 0 Å². The average molecular weight is 222 g/mol. The lowest BCUT2D eigenvalue weighted by Crippen LogP contribution is -2.36. The van der Waals surface area contributed by atoms with Crippen molar-refractivity contribution in [3.8, 4) is 0 Å². The van der Waals surface area contributed by atoms with Gasteiger partial charge in [-0.25, -0.2) is 0 Å². The molecule has 88 valence electrons. The third kappa shape index (κ3) is 2.97. The largest absolute Gasteiger partial charge is 0.398 e. The quantitative estimate of drug-likeness (QED) is 0.756. The number of nitrogens with one attached hydrogen (secondary N) is 1. The maximum Gasteiger partial charge on any atom is 0.251 e. The molecule has 0 aliphatic carbocycles. The average Bonchev–Trinajstić information content (AvgIpc) is 2.22. The van der Waals surface area contributed by atoms with Crippen molar-refractivity contribution in [2.75, 3.05) is 19.5 Å². The Labute approximate surface area is 95.8 Å². The molecule has 1 aromatic rings. The number of ether oxygens (including phenoxy) is 1. The van der Waals surface area contributed by atoms with Gasteiger partial charge in [-0.1, -0.05) is 6.07 Å². The predicted molar refractivity (Wildman–Crippen MR) is 64.4 cm³/mol. The Morgan fingerprint density at radius 2 is 2.25 bits per heavy atom. The molecule has 1 rings (SSSR count). The molecular formula is C12H18N2O2. The first-order valence-corrected chi connectivity index (χ1v) is 5.21.